The van der Waals surface area contributed by atoms with Crippen molar-refractivity contribution < 1.29 is 14.3 Å². The van der Waals surface area contributed by atoms with E-state index in [4.69, 9.17) is 4.74 Å². The summed E-state index contributed by atoms with van der Waals surface area (Å²) in [5.74, 6) is -0.152. The van der Waals surface area contributed by atoms with Crippen molar-refractivity contribution in [1.82, 2.24) is 10.2 Å². The average Bonchev–Trinajstić information content (AvgIpc) is 2.70. The average molecular weight is 242 g/mol. The lowest BCUT2D eigenvalue weighted by Crippen LogP contribution is -2.37. The first-order chi connectivity index (χ1) is 8.10. The maximum Gasteiger partial charge on any atom is 0.225 e. The summed E-state index contributed by atoms with van der Waals surface area (Å²) in [6.07, 6.45) is 1.26. The van der Waals surface area contributed by atoms with Gasteiger partial charge in [-0.3, -0.25) is 9.59 Å². The highest BCUT2D eigenvalue weighted by Gasteiger charge is 2.35. The second-order valence-corrected chi connectivity index (χ2v) is 4.49. The summed E-state index contributed by atoms with van der Waals surface area (Å²) in [6.45, 7) is 5.62. The maximum absolute atomic E-state index is 11.8. The fraction of sp³-hybridized carbons (Fsp3) is 0.833. The Bertz CT molecular complexity index is 281. The maximum atomic E-state index is 11.8. The van der Waals surface area contributed by atoms with Gasteiger partial charge in [0.15, 0.2) is 0 Å². The molecule has 1 aliphatic rings. The third kappa shape index (κ3) is 3.70. The van der Waals surface area contributed by atoms with Gasteiger partial charge in [0.25, 0.3) is 0 Å². The van der Waals surface area contributed by atoms with E-state index in [2.05, 4.69) is 5.32 Å². The molecule has 2 amide bonds. The van der Waals surface area contributed by atoms with Crippen molar-refractivity contribution in [2.24, 2.45) is 5.92 Å². The molecule has 1 saturated heterocycles. The molecule has 0 aromatic rings. The molecule has 0 aromatic heterocycles. The highest BCUT2D eigenvalue weighted by atomic mass is 16.5. The quantitative estimate of drug-likeness (QED) is 0.686. The van der Waals surface area contributed by atoms with Crippen molar-refractivity contribution in [3.63, 3.8) is 0 Å². The third-order valence-electron chi connectivity index (χ3n) is 3.26. The molecule has 5 nitrogen and oxygen atoms in total. The molecule has 0 radical (unpaired) electrons. The van der Waals surface area contributed by atoms with Crippen LogP contribution in [0.15, 0.2) is 0 Å². The van der Waals surface area contributed by atoms with Gasteiger partial charge in [0, 0.05) is 32.7 Å². The highest BCUT2D eigenvalue weighted by Crippen LogP contribution is 2.21. The van der Waals surface area contributed by atoms with E-state index >= 15 is 0 Å². The van der Waals surface area contributed by atoms with Crippen LogP contribution >= 0.6 is 0 Å². The summed E-state index contributed by atoms with van der Waals surface area (Å²) < 4.78 is 4.86. The molecule has 2 atom stereocenters. The van der Waals surface area contributed by atoms with Crippen LogP contribution in [0.2, 0.25) is 0 Å². The largest absolute Gasteiger partial charge is 0.383 e. The third-order valence-corrected chi connectivity index (χ3v) is 3.26. The number of likely N-dealkylation sites (tertiary alicyclic amines) is 1. The van der Waals surface area contributed by atoms with E-state index in [9.17, 15) is 9.59 Å². The van der Waals surface area contributed by atoms with Gasteiger partial charge >= 0.3 is 0 Å². The minimum atomic E-state index is -0.201. The van der Waals surface area contributed by atoms with Gasteiger partial charge in [-0.2, -0.15) is 0 Å². The second-order valence-electron chi connectivity index (χ2n) is 4.49. The Morgan fingerprint density at radius 1 is 1.65 bits per heavy atom. The lowest BCUT2D eigenvalue weighted by molar-refractivity contribution is -0.130. The van der Waals surface area contributed by atoms with Crippen molar-refractivity contribution in [3.8, 4) is 0 Å². The molecular weight excluding hydrogens is 220 g/mol. The van der Waals surface area contributed by atoms with E-state index in [0.717, 1.165) is 6.42 Å². The van der Waals surface area contributed by atoms with Crippen molar-refractivity contribution in [2.45, 2.75) is 32.7 Å². The molecule has 17 heavy (non-hydrogen) atoms. The van der Waals surface area contributed by atoms with Crippen molar-refractivity contribution in [1.29, 1.82) is 0 Å². The number of carbonyl (C=O) groups excluding carboxylic acids is 2. The molecule has 5 heteroatoms. The zero-order chi connectivity index (χ0) is 12.8. The van der Waals surface area contributed by atoms with Gasteiger partial charge in [0.1, 0.15) is 0 Å². The molecular formula is C12H22N2O3. The smallest absolute Gasteiger partial charge is 0.225 e. The van der Waals surface area contributed by atoms with Gasteiger partial charge in [-0.15, -0.1) is 0 Å². The van der Waals surface area contributed by atoms with Gasteiger partial charge in [-0.05, 0) is 13.3 Å². The van der Waals surface area contributed by atoms with Crippen LogP contribution in [-0.4, -0.2) is 49.6 Å². The molecule has 98 valence electrons. The zero-order valence-corrected chi connectivity index (χ0v) is 10.9. The van der Waals surface area contributed by atoms with Crippen LogP contribution in [0.1, 0.15) is 26.7 Å². The minimum absolute atomic E-state index is 0.0406. The van der Waals surface area contributed by atoms with E-state index in [1.165, 1.54) is 0 Å². The lowest BCUT2D eigenvalue weighted by atomic mass is 10.1. The van der Waals surface area contributed by atoms with Crippen LogP contribution in [0.4, 0.5) is 0 Å². The summed E-state index contributed by atoms with van der Waals surface area (Å²) in [6, 6.07) is 0.222. The summed E-state index contributed by atoms with van der Waals surface area (Å²) in [7, 11) is 1.59. The van der Waals surface area contributed by atoms with Crippen LogP contribution in [0, 0.1) is 5.92 Å². The predicted octanol–water partition coefficient (Wildman–Crippen LogP) is 0.396. The number of rotatable bonds is 6. The Balaban J connectivity index is 2.42. The number of amides is 2. The normalized spacial score (nSPS) is 21.7. The summed E-state index contributed by atoms with van der Waals surface area (Å²) in [4.78, 5) is 25.3. The Morgan fingerprint density at radius 3 is 2.94 bits per heavy atom. The first-order valence-corrected chi connectivity index (χ1v) is 6.16. The van der Waals surface area contributed by atoms with E-state index < -0.39 is 0 Å². The SMILES string of the molecule is CCC(C)N1CC(C(=O)NCCOC)CC1=O. The van der Waals surface area contributed by atoms with Crippen LogP contribution in [0.5, 0.6) is 0 Å². The molecule has 0 aliphatic carbocycles. The van der Waals surface area contributed by atoms with Gasteiger partial charge in [-0.25, -0.2) is 0 Å². The molecule has 1 aliphatic heterocycles. The molecule has 1 heterocycles. The summed E-state index contributed by atoms with van der Waals surface area (Å²) >= 11 is 0. The van der Waals surface area contributed by atoms with Crippen LogP contribution in [-0.2, 0) is 14.3 Å². The summed E-state index contributed by atoms with van der Waals surface area (Å²) in [5.41, 5.74) is 0. The Morgan fingerprint density at radius 2 is 2.35 bits per heavy atom. The van der Waals surface area contributed by atoms with Gasteiger partial charge in [-0.1, -0.05) is 6.92 Å². The Labute approximate surface area is 102 Å². The number of ether oxygens (including phenoxy) is 1. The molecule has 0 aromatic carbocycles. The molecule has 0 saturated carbocycles. The first-order valence-electron chi connectivity index (χ1n) is 6.16. The number of nitrogens with one attached hydrogen (secondary N) is 1. The fourth-order valence-electron chi connectivity index (χ4n) is 1.97. The standard InChI is InChI=1S/C12H22N2O3/c1-4-9(2)14-8-10(7-11(14)15)12(16)13-5-6-17-3/h9-10H,4-8H2,1-3H3,(H,13,16). The Hall–Kier alpha value is -1.10. The molecule has 2 unspecified atom stereocenters. The zero-order valence-electron chi connectivity index (χ0n) is 10.9. The van der Waals surface area contributed by atoms with E-state index in [1.54, 1.807) is 12.0 Å². The van der Waals surface area contributed by atoms with Crippen LogP contribution in [0.3, 0.4) is 0 Å². The van der Waals surface area contributed by atoms with Gasteiger partial charge in [0.05, 0.1) is 12.5 Å². The van der Waals surface area contributed by atoms with Gasteiger partial charge < -0.3 is 15.0 Å². The molecule has 0 bridgehead atoms. The van der Waals surface area contributed by atoms with Crippen molar-refractivity contribution >= 4 is 11.8 Å². The van der Waals surface area contributed by atoms with Crippen molar-refractivity contribution in [3.05, 3.63) is 0 Å². The number of carbonyl (C=O) groups is 2. The Kier molecular flexibility index (Phi) is 5.41. The lowest BCUT2D eigenvalue weighted by Gasteiger charge is -2.23. The molecule has 0 spiro atoms. The topological polar surface area (TPSA) is 58.6 Å². The predicted molar refractivity (Wildman–Crippen MR) is 64.5 cm³/mol. The van der Waals surface area contributed by atoms with E-state index in [-0.39, 0.29) is 23.8 Å². The number of hydrogen-bond acceptors (Lipinski definition) is 3. The van der Waals surface area contributed by atoms with Crippen LogP contribution in [0.25, 0.3) is 0 Å². The van der Waals surface area contributed by atoms with Crippen LogP contribution < -0.4 is 5.32 Å². The molecule has 1 N–H and O–H groups in total. The first kappa shape index (κ1) is 14.0. The molecule has 1 rings (SSSR count). The monoisotopic (exact) mass is 242 g/mol. The minimum Gasteiger partial charge on any atom is -0.383 e. The number of methoxy groups -OCH3 is 1. The summed E-state index contributed by atoms with van der Waals surface area (Å²) in [5, 5.41) is 2.78. The van der Waals surface area contributed by atoms with E-state index in [1.807, 2.05) is 13.8 Å². The number of nitrogens with zero attached hydrogens (tertiary/aromatic N) is 1. The number of hydrogen-bond donors (Lipinski definition) is 1. The highest BCUT2D eigenvalue weighted by molar-refractivity contribution is 5.89. The van der Waals surface area contributed by atoms with E-state index in [0.29, 0.717) is 26.1 Å². The second kappa shape index (κ2) is 6.59. The fourth-order valence-corrected chi connectivity index (χ4v) is 1.97. The van der Waals surface area contributed by atoms with Crippen molar-refractivity contribution in [2.75, 3.05) is 26.8 Å². The van der Waals surface area contributed by atoms with Gasteiger partial charge in [0.2, 0.25) is 11.8 Å². The molecule has 1 fully saturated rings.